The monoisotopic (exact) mass is 329 g/mol. The summed E-state index contributed by atoms with van der Waals surface area (Å²) in [7, 11) is -0.691. The molecular formula is C16H31NO4Si. The van der Waals surface area contributed by atoms with E-state index >= 15 is 0 Å². The van der Waals surface area contributed by atoms with E-state index in [0.29, 0.717) is 29.6 Å². The first-order valence-electron chi connectivity index (χ1n) is 8.22. The van der Waals surface area contributed by atoms with Gasteiger partial charge < -0.3 is 9.16 Å². The lowest BCUT2D eigenvalue weighted by atomic mass is 10.1. The maximum Gasteiger partial charge on any atom is 0.416 e. The van der Waals surface area contributed by atoms with Gasteiger partial charge in [-0.05, 0) is 23.0 Å². The van der Waals surface area contributed by atoms with Gasteiger partial charge in [0.05, 0.1) is 19.6 Å². The molecule has 1 rings (SSSR count). The highest BCUT2D eigenvalue weighted by Gasteiger charge is 2.47. The van der Waals surface area contributed by atoms with Gasteiger partial charge in [-0.2, -0.15) is 0 Å². The summed E-state index contributed by atoms with van der Waals surface area (Å²) in [4.78, 5) is 24.9. The first-order valence-corrected chi connectivity index (χ1v) is 10.4. The Kier molecular flexibility index (Phi) is 6.61. The molecule has 5 nitrogen and oxygen atoms in total. The van der Waals surface area contributed by atoms with Crippen molar-refractivity contribution in [3.05, 3.63) is 0 Å². The average Bonchev–Trinajstić information content (AvgIpc) is 2.42. The van der Waals surface area contributed by atoms with Crippen molar-refractivity contribution in [2.45, 2.75) is 77.1 Å². The quantitative estimate of drug-likeness (QED) is 0.717. The molecule has 0 N–H and O–H groups in total. The predicted molar refractivity (Wildman–Crippen MR) is 89.3 cm³/mol. The van der Waals surface area contributed by atoms with Gasteiger partial charge in [0.1, 0.15) is 0 Å². The van der Waals surface area contributed by atoms with Crippen LogP contribution in [0.15, 0.2) is 0 Å². The van der Waals surface area contributed by atoms with Crippen LogP contribution in [0.2, 0.25) is 16.6 Å². The van der Waals surface area contributed by atoms with Crippen molar-refractivity contribution < 1.29 is 18.8 Å². The van der Waals surface area contributed by atoms with Crippen molar-refractivity contribution in [1.82, 2.24) is 4.90 Å². The minimum absolute atomic E-state index is 0.0766. The molecule has 6 heteroatoms. The zero-order valence-corrected chi connectivity index (χ0v) is 16.0. The first kappa shape index (κ1) is 19.2. The normalized spacial score (nSPS) is 20.2. The summed E-state index contributed by atoms with van der Waals surface area (Å²) < 4.78 is 11.3. The van der Waals surface area contributed by atoms with Crippen molar-refractivity contribution in [3.8, 4) is 0 Å². The van der Waals surface area contributed by atoms with Gasteiger partial charge in [0.2, 0.25) is 14.2 Å². The summed E-state index contributed by atoms with van der Waals surface area (Å²) in [5.74, 6) is -0.192. The number of hydrogen-bond acceptors (Lipinski definition) is 4. The fourth-order valence-electron chi connectivity index (χ4n) is 3.91. The molecule has 0 aromatic heterocycles. The smallest absolute Gasteiger partial charge is 0.416 e. The zero-order chi connectivity index (χ0) is 17.1. The summed E-state index contributed by atoms with van der Waals surface area (Å²) in [5.41, 5.74) is 1.46. The van der Waals surface area contributed by atoms with E-state index in [0.717, 1.165) is 0 Å². The third-order valence-corrected chi connectivity index (χ3v) is 11.0. The Morgan fingerprint density at radius 2 is 1.64 bits per heavy atom. The maximum atomic E-state index is 12.2. The number of imide groups is 1. The van der Waals surface area contributed by atoms with Crippen LogP contribution in [0, 0.1) is 0 Å². The second-order valence-electron chi connectivity index (χ2n) is 7.07. The molecule has 0 aromatic carbocycles. The summed E-state index contributed by atoms with van der Waals surface area (Å²) >= 11 is 0. The molecule has 1 aliphatic heterocycles. The molecule has 1 fully saturated rings. The van der Waals surface area contributed by atoms with E-state index in [1.54, 1.807) is 0 Å². The number of nitrogens with zero attached hydrogens (tertiary/aromatic N) is 1. The first-order chi connectivity index (χ1) is 10.2. The Morgan fingerprint density at radius 3 is 2.00 bits per heavy atom. The van der Waals surface area contributed by atoms with Crippen LogP contribution in [-0.2, 0) is 14.0 Å². The van der Waals surface area contributed by atoms with Crippen LogP contribution in [0.5, 0.6) is 0 Å². The molecule has 0 radical (unpaired) electrons. The third-order valence-electron chi connectivity index (χ3n) is 4.85. The van der Waals surface area contributed by atoms with Crippen LogP contribution in [0.1, 0.15) is 54.4 Å². The van der Waals surface area contributed by atoms with Crippen molar-refractivity contribution in [1.29, 1.82) is 0 Å². The Bertz CT molecular complexity index is 387. The molecule has 0 unspecified atom stereocenters. The Labute approximate surface area is 135 Å². The second-order valence-corrected chi connectivity index (χ2v) is 12.5. The molecular weight excluding hydrogens is 298 g/mol. The van der Waals surface area contributed by atoms with E-state index in [-0.39, 0.29) is 18.4 Å². The molecule has 0 aromatic rings. The van der Waals surface area contributed by atoms with Gasteiger partial charge in [-0.25, -0.2) is 9.69 Å². The lowest BCUT2D eigenvalue weighted by Crippen LogP contribution is -2.53. The fourth-order valence-corrected chi connectivity index (χ4v) is 9.50. The Balaban J connectivity index is 2.86. The highest BCUT2D eigenvalue weighted by molar-refractivity contribution is 6.77. The van der Waals surface area contributed by atoms with Gasteiger partial charge >= 0.3 is 6.09 Å². The summed E-state index contributed by atoms with van der Waals surface area (Å²) in [6.07, 6.45) is 0.327. The van der Waals surface area contributed by atoms with E-state index in [1.807, 2.05) is 0 Å². The number of rotatable bonds is 5. The number of ether oxygens (including phenoxy) is 1. The summed E-state index contributed by atoms with van der Waals surface area (Å²) in [6, 6.07) is 0. The molecule has 1 aliphatic rings. The van der Waals surface area contributed by atoms with Gasteiger partial charge in [0.15, 0.2) is 0 Å². The predicted octanol–water partition coefficient (Wildman–Crippen LogP) is 3.94. The lowest BCUT2D eigenvalue weighted by molar-refractivity contribution is -0.134. The van der Waals surface area contributed by atoms with E-state index in [2.05, 4.69) is 46.3 Å². The number of amides is 2. The minimum atomic E-state index is -1.99. The van der Waals surface area contributed by atoms with Gasteiger partial charge in [-0.15, -0.1) is 0 Å². The molecule has 1 atom stereocenters. The van der Waals surface area contributed by atoms with Crippen LogP contribution in [0.25, 0.3) is 0 Å². The van der Waals surface area contributed by atoms with Crippen molar-refractivity contribution in [2.75, 3.05) is 13.7 Å². The molecule has 1 saturated heterocycles. The highest BCUT2D eigenvalue weighted by Crippen LogP contribution is 2.43. The average molecular weight is 330 g/mol. The van der Waals surface area contributed by atoms with Crippen LogP contribution in [-0.4, -0.2) is 45.0 Å². The van der Waals surface area contributed by atoms with Crippen molar-refractivity contribution in [2.24, 2.45) is 0 Å². The number of carbonyl (C=O) groups excluding carboxylic acids is 2. The molecule has 0 spiro atoms. The Morgan fingerprint density at radius 1 is 1.14 bits per heavy atom. The van der Waals surface area contributed by atoms with E-state index < -0.39 is 14.4 Å². The number of hydrogen-bond donors (Lipinski definition) is 0. The fraction of sp³-hybridized carbons (Fsp3) is 0.875. The molecule has 2 amide bonds. The minimum Gasteiger partial charge on any atom is -0.452 e. The molecule has 1 heterocycles. The Hall–Kier alpha value is -0.883. The summed E-state index contributed by atoms with van der Waals surface area (Å²) in [5, 5.41) is 0. The van der Waals surface area contributed by atoms with E-state index in [4.69, 9.17) is 4.43 Å². The van der Waals surface area contributed by atoms with Crippen molar-refractivity contribution in [3.63, 3.8) is 0 Å². The topological polar surface area (TPSA) is 55.8 Å². The number of piperidine rings is 1. The van der Waals surface area contributed by atoms with Crippen LogP contribution < -0.4 is 0 Å². The molecule has 0 saturated carbocycles. The van der Waals surface area contributed by atoms with Crippen LogP contribution in [0.3, 0.4) is 0 Å². The molecule has 22 heavy (non-hydrogen) atoms. The number of likely N-dealkylation sites (tertiary alicyclic amines) is 1. The largest absolute Gasteiger partial charge is 0.452 e. The molecule has 0 aliphatic carbocycles. The number of carbonyl (C=O) groups is 2. The zero-order valence-electron chi connectivity index (χ0n) is 15.0. The van der Waals surface area contributed by atoms with Crippen LogP contribution >= 0.6 is 0 Å². The standard InChI is InChI=1S/C16H31NO4Si/c1-11(2)22(12(3)4,13(5)6)21-14-8-9-17(15(18)10-14)16(19)20-7/h11-14H,8-10H2,1-7H3/t14-/m1/s1. The van der Waals surface area contributed by atoms with Gasteiger partial charge in [-0.1, -0.05) is 41.5 Å². The summed E-state index contributed by atoms with van der Waals surface area (Å²) in [6.45, 7) is 13.8. The van der Waals surface area contributed by atoms with Gasteiger partial charge in [-0.3, -0.25) is 4.79 Å². The van der Waals surface area contributed by atoms with Gasteiger partial charge in [0, 0.05) is 6.54 Å². The maximum absolute atomic E-state index is 12.2. The number of methoxy groups -OCH3 is 1. The van der Waals surface area contributed by atoms with Gasteiger partial charge in [0.25, 0.3) is 0 Å². The third kappa shape index (κ3) is 3.71. The lowest BCUT2D eigenvalue weighted by Gasteiger charge is -2.45. The van der Waals surface area contributed by atoms with E-state index in [9.17, 15) is 9.59 Å². The SMILES string of the molecule is COC(=O)N1CC[C@@H](O[Si](C(C)C)(C(C)C)C(C)C)CC1=O. The highest BCUT2D eigenvalue weighted by atomic mass is 28.4. The van der Waals surface area contributed by atoms with Crippen molar-refractivity contribution >= 4 is 20.3 Å². The van der Waals surface area contributed by atoms with E-state index in [1.165, 1.54) is 12.0 Å². The molecule has 0 bridgehead atoms. The second kappa shape index (κ2) is 7.59. The molecule has 128 valence electrons. The van der Waals surface area contributed by atoms with Crippen LogP contribution in [0.4, 0.5) is 4.79 Å².